The summed E-state index contributed by atoms with van der Waals surface area (Å²) in [6.45, 7) is 0.829. The number of carbonyl (C=O) groups excluding carboxylic acids is 2. The first-order valence-electron chi connectivity index (χ1n) is 8.53. The Morgan fingerprint density at radius 3 is 2.72 bits per heavy atom. The lowest BCUT2D eigenvalue weighted by atomic mass is 10.0. The van der Waals surface area contributed by atoms with E-state index in [1.807, 2.05) is 6.07 Å². The van der Waals surface area contributed by atoms with Gasteiger partial charge in [0.25, 0.3) is 0 Å². The van der Waals surface area contributed by atoms with Crippen molar-refractivity contribution in [2.45, 2.75) is 31.6 Å². The molecule has 25 heavy (non-hydrogen) atoms. The topological polar surface area (TPSA) is 62.3 Å². The SMILES string of the molecule is O=C1CCc2cc(C=CC(=O)N3CC4CC(F)(F)CC4C3)cnc2N1. The molecule has 1 aliphatic carbocycles. The van der Waals surface area contributed by atoms with Gasteiger partial charge < -0.3 is 10.2 Å². The van der Waals surface area contributed by atoms with Gasteiger partial charge in [-0.15, -0.1) is 0 Å². The summed E-state index contributed by atoms with van der Waals surface area (Å²) in [5.41, 5.74) is 1.74. The molecule has 1 saturated carbocycles. The summed E-state index contributed by atoms with van der Waals surface area (Å²) >= 11 is 0. The quantitative estimate of drug-likeness (QED) is 0.836. The Morgan fingerprint density at radius 1 is 1.28 bits per heavy atom. The van der Waals surface area contributed by atoms with Gasteiger partial charge in [-0.3, -0.25) is 9.59 Å². The summed E-state index contributed by atoms with van der Waals surface area (Å²) in [6, 6.07) is 1.91. The number of fused-ring (bicyclic) bond motifs is 2. The monoisotopic (exact) mass is 347 g/mol. The van der Waals surface area contributed by atoms with Gasteiger partial charge in [-0.1, -0.05) is 0 Å². The summed E-state index contributed by atoms with van der Waals surface area (Å²) in [4.78, 5) is 29.5. The van der Waals surface area contributed by atoms with Crippen LogP contribution in [0.4, 0.5) is 14.6 Å². The zero-order valence-electron chi connectivity index (χ0n) is 13.7. The molecular weight excluding hydrogens is 328 g/mol. The largest absolute Gasteiger partial charge is 0.339 e. The number of amides is 2. The van der Waals surface area contributed by atoms with E-state index in [-0.39, 0.29) is 36.5 Å². The number of nitrogens with zero attached hydrogens (tertiary/aromatic N) is 2. The standard InChI is InChI=1S/C18H19F2N3O2/c19-18(20)6-13-9-23(10-14(13)7-18)16(25)4-1-11-5-12-2-3-15(24)22-17(12)21-8-11/h1,4-5,8,13-14H,2-3,6-7,9-10H2,(H,21,22,24). The van der Waals surface area contributed by atoms with Crippen LogP contribution in [-0.4, -0.2) is 40.7 Å². The summed E-state index contributed by atoms with van der Waals surface area (Å²) < 4.78 is 26.8. The van der Waals surface area contributed by atoms with Gasteiger partial charge in [-0.2, -0.15) is 0 Å². The van der Waals surface area contributed by atoms with Gasteiger partial charge in [0.1, 0.15) is 5.82 Å². The number of aromatic nitrogens is 1. The van der Waals surface area contributed by atoms with Crippen LogP contribution in [0.1, 0.15) is 30.4 Å². The Morgan fingerprint density at radius 2 is 2.00 bits per heavy atom. The van der Waals surface area contributed by atoms with E-state index in [1.165, 1.54) is 6.08 Å². The zero-order chi connectivity index (χ0) is 17.6. The van der Waals surface area contributed by atoms with Crippen LogP contribution in [0.15, 0.2) is 18.3 Å². The smallest absolute Gasteiger partial charge is 0.248 e. The minimum atomic E-state index is -2.56. The molecule has 3 heterocycles. The highest BCUT2D eigenvalue weighted by atomic mass is 19.3. The van der Waals surface area contributed by atoms with Crippen molar-refractivity contribution in [1.82, 2.24) is 9.88 Å². The number of alkyl halides is 2. The fraction of sp³-hybridized carbons (Fsp3) is 0.500. The van der Waals surface area contributed by atoms with Crippen molar-refractivity contribution in [1.29, 1.82) is 0 Å². The Hall–Kier alpha value is -2.31. The Balaban J connectivity index is 1.40. The number of rotatable bonds is 2. The molecule has 1 aromatic heterocycles. The molecule has 4 rings (SSSR count). The number of hydrogen-bond donors (Lipinski definition) is 1. The molecule has 2 aliphatic heterocycles. The highest BCUT2D eigenvalue weighted by molar-refractivity contribution is 5.94. The number of carbonyl (C=O) groups is 2. The van der Waals surface area contributed by atoms with Crippen LogP contribution < -0.4 is 5.32 Å². The summed E-state index contributed by atoms with van der Waals surface area (Å²) in [7, 11) is 0. The number of pyridine rings is 1. The van der Waals surface area contributed by atoms with Crippen LogP contribution in [-0.2, 0) is 16.0 Å². The van der Waals surface area contributed by atoms with E-state index in [0.717, 1.165) is 11.1 Å². The van der Waals surface area contributed by atoms with Gasteiger partial charge in [0.05, 0.1) is 0 Å². The molecule has 2 fully saturated rings. The van der Waals surface area contributed by atoms with Gasteiger partial charge in [0.15, 0.2) is 0 Å². The summed E-state index contributed by atoms with van der Waals surface area (Å²) in [5.74, 6) is -2.34. The van der Waals surface area contributed by atoms with Crippen LogP contribution in [0.5, 0.6) is 0 Å². The fourth-order valence-electron chi connectivity index (χ4n) is 4.07. The third-order valence-corrected chi connectivity index (χ3v) is 5.30. The summed E-state index contributed by atoms with van der Waals surface area (Å²) in [5, 5.41) is 2.72. The predicted molar refractivity (Wildman–Crippen MR) is 88.0 cm³/mol. The Kier molecular flexibility index (Phi) is 3.81. The van der Waals surface area contributed by atoms with E-state index in [4.69, 9.17) is 0 Å². The van der Waals surface area contributed by atoms with E-state index in [2.05, 4.69) is 10.3 Å². The Bertz CT molecular complexity index is 747. The third-order valence-electron chi connectivity index (χ3n) is 5.30. The molecule has 1 saturated heterocycles. The zero-order valence-corrected chi connectivity index (χ0v) is 13.7. The van der Waals surface area contributed by atoms with Gasteiger partial charge >= 0.3 is 0 Å². The molecule has 1 aromatic rings. The van der Waals surface area contributed by atoms with E-state index >= 15 is 0 Å². The highest BCUT2D eigenvalue weighted by Crippen LogP contribution is 2.46. The number of aryl methyl sites for hydroxylation is 1. The predicted octanol–water partition coefficient (Wildman–Crippen LogP) is 2.48. The minimum Gasteiger partial charge on any atom is -0.339 e. The minimum absolute atomic E-state index is 0.0383. The highest BCUT2D eigenvalue weighted by Gasteiger charge is 2.50. The van der Waals surface area contributed by atoms with E-state index in [1.54, 1.807) is 17.2 Å². The average Bonchev–Trinajstić information content (AvgIpc) is 3.06. The molecule has 2 amide bonds. The third kappa shape index (κ3) is 3.27. The first-order valence-corrected chi connectivity index (χ1v) is 8.53. The lowest BCUT2D eigenvalue weighted by Gasteiger charge is -2.17. The molecule has 2 atom stereocenters. The molecule has 3 aliphatic rings. The maximum absolute atomic E-state index is 13.4. The van der Waals surface area contributed by atoms with Crippen molar-refractivity contribution in [2.24, 2.45) is 11.8 Å². The van der Waals surface area contributed by atoms with E-state index in [9.17, 15) is 18.4 Å². The maximum atomic E-state index is 13.4. The molecule has 7 heteroatoms. The van der Waals surface area contributed by atoms with Crippen LogP contribution in [0, 0.1) is 11.8 Å². The first kappa shape index (κ1) is 16.2. The molecule has 0 radical (unpaired) electrons. The summed E-state index contributed by atoms with van der Waals surface area (Å²) in [6.07, 6.45) is 5.62. The van der Waals surface area contributed by atoms with Gasteiger partial charge in [-0.25, -0.2) is 13.8 Å². The van der Waals surface area contributed by atoms with Crippen LogP contribution in [0.3, 0.4) is 0 Å². The average molecular weight is 347 g/mol. The molecule has 0 bridgehead atoms. The molecule has 2 unspecified atom stereocenters. The van der Waals surface area contributed by atoms with E-state index < -0.39 is 5.92 Å². The molecule has 5 nitrogen and oxygen atoms in total. The number of halogens is 2. The van der Waals surface area contributed by atoms with Crippen molar-refractivity contribution >= 4 is 23.7 Å². The van der Waals surface area contributed by atoms with Gasteiger partial charge in [-0.05, 0) is 41.5 Å². The Labute approximate surface area is 144 Å². The number of likely N-dealkylation sites (tertiary alicyclic amines) is 1. The van der Waals surface area contributed by atoms with Crippen molar-refractivity contribution in [3.63, 3.8) is 0 Å². The second-order valence-corrected chi connectivity index (χ2v) is 7.19. The fourth-order valence-corrected chi connectivity index (χ4v) is 4.07. The number of nitrogens with one attached hydrogen (secondary N) is 1. The number of anilines is 1. The molecule has 0 aromatic carbocycles. The van der Waals surface area contributed by atoms with Crippen molar-refractivity contribution < 1.29 is 18.4 Å². The van der Waals surface area contributed by atoms with Crippen molar-refractivity contribution in [3.05, 3.63) is 29.5 Å². The molecule has 1 N–H and O–H groups in total. The van der Waals surface area contributed by atoms with Crippen LogP contribution in [0.2, 0.25) is 0 Å². The van der Waals surface area contributed by atoms with E-state index in [0.29, 0.717) is 31.7 Å². The molecule has 0 spiro atoms. The van der Waals surface area contributed by atoms with Crippen LogP contribution in [0.25, 0.3) is 6.08 Å². The van der Waals surface area contributed by atoms with Crippen molar-refractivity contribution in [2.75, 3.05) is 18.4 Å². The lowest BCUT2D eigenvalue weighted by Crippen LogP contribution is -2.29. The maximum Gasteiger partial charge on any atom is 0.248 e. The lowest BCUT2D eigenvalue weighted by molar-refractivity contribution is -0.125. The second kappa shape index (κ2) is 5.89. The molecular formula is C18H19F2N3O2. The van der Waals surface area contributed by atoms with Gasteiger partial charge in [0.2, 0.25) is 17.7 Å². The van der Waals surface area contributed by atoms with Gasteiger partial charge in [0, 0.05) is 44.6 Å². The normalized spacial score (nSPS) is 27.3. The molecule has 132 valence electrons. The first-order chi connectivity index (χ1) is 11.9. The van der Waals surface area contributed by atoms with Crippen molar-refractivity contribution in [3.8, 4) is 0 Å². The number of hydrogen-bond acceptors (Lipinski definition) is 3. The van der Waals surface area contributed by atoms with Crippen LogP contribution >= 0.6 is 0 Å². The second-order valence-electron chi connectivity index (χ2n) is 7.19.